The molecule has 2 heterocycles. The van der Waals surface area contributed by atoms with E-state index in [0.717, 1.165) is 43.6 Å². The number of amidine groups is 1. The number of aromatic nitrogens is 1. The molecule has 144 valence electrons. The Labute approximate surface area is 166 Å². The molecule has 2 fully saturated rings. The van der Waals surface area contributed by atoms with Gasteiger partial charge in [-0.1, -0.05) is 18.2 Å². The van der Waals surface area contributed by atoms with Crippen molar-refractivity contribution in [3.8, 4) is 0 Å². The lowest BCUT2D eigenvalue weighted by atomic mass is 9.59. The average Bonchev–Trinajstić information content (AvgIpc) is 3.49. The Morgan fingerprint density at radius 1 is 1.07 bits per heavy atom. The van der Waals surface area contributed by atoms with Crippen LogP contribution in [-0.2, 0) is 16.7 Å². The van der Waals surface area contributed by atoms with Crippen molar-refractivity contribution in [2.75, 3.05) is 7.11 Å². The lowest BCUT2D eigenvalue weighted by Crippen LogP contribution is -2.45. The fraction of sp³-hybridized carbons (Fsp3) is 0.500. The van der Waals surface area contributed by atoms with Crippen molar-refractivity contribution in [2.24, 2.45) is 16.1 Å². The van der Waals surface area contributed by atoms with Crippen molar-refractivity contribution in [1.82, 2.24) is 4.98 Å². The molecule has 28 heavy (non-hydrogen) atoms. The van der Waals surface area contributed by atoms with Gasteiger partial charge in [-0.15, -0.1) is 0 Å². The van der Waals surface area contributed by atoms with Gasteiger partial charge in [0, 0.05) is 36.0 Å². The Morgan fingerprint density at radius 2 is 1.89 bits per heavy atom. The summed E-state index contributed by atoms with van der Waals surface area (Å²) in [6.07, 6.45) is 12.4. The van der Waals surface area contributed by atoms with Crippen molar-refractivity contribution in [1.29, 1.82) is 0 Å². The van der Waals surface area contributed by atoms with Gasteiger partial charge in [-0.3, -0.25) is 9.98 Å². The third-order valence-corrected chi connectivity index (χ3v) is 7.87. The number of rotatable bonds is 2. The van der Waals surface area contributed by atoms with Crippen molar-refractivity contribution in [3.63, 3.8) is 0 Å². The SMILES string of the molecule is COC1CCC2(CC1)Cc1ccc(C3CC3)cc1C21N=C(N)c2ccncc21. The molecule has 4 nitrogen and oxygen atoms in total. The Balaban J connectivity index is 1.58. The van der Waals surface area contributed by atoms with Crippen molar-refractivity contribution < 1.29 is 4.74 Å². The number of fused-ring (bicyclic) bond motifs is 5. The standard InChI is InChI=1S/C24H27N3O/c1-28-18-6-9-23(10-7-18)13-17-5-4-16(15-2-3-15)12-20(17)24(23)21-14-26-11-8-19(21)22(25)27-24/h4-5,8,11-12,14-15,18H,2-3,6-7,9-10,13H2,1H3,(H2,25,27). The monoisotopic (exact) mass is 373 g/mol. The van der Waals surface area contributed by atoms with E-state index in [0.29, 0.717) is 11.9 Å². The van der Waals surface area contributed by atoms with E-state index in [2.05, 4.69) is 23.2 Å². The first-order valence-corrected chi connectivity index (χ1v) is 10.6. The molecule has 2 N–H and O–H groups in total. The van der Waals surface area contributed by atoms with E-state index < -0.39 is 0 Å². The minimum Gasteiger partial charge on any atom is -0.383 e. The molecule has 6 rings (SSSR count). The Morgan fingerprint density at radius 3 is 2.64 bits per heavy atom. The lowest BCUT2D eigenvalue weighted by molar-refractivity contribution is 0.00678. The maximum Gasteiger partial charge on any atom is 0.127 e. The van der Waals surface area contributed by atoms with Crippen LogP contribution >= 0.6 is 0 Å². The van der Waals surface area contributed by atoms with Gasteiger partial charge in [0.2, 0.25) is 0 Å². The summed E-state index contributed by atoms with van der Waals surface area (Å²) in [6, 6.07) is 9.24. The van der Waals surface area contributed by atoms with E-state index in [1.165, 1.54) is 35.1 Å². The molecular formula is C24H27N3O. The summed E-state index contributed by atoms with van der Waals surface area (Å²) < 4.78 is 5.70. The summed E-state index contributed by atoms with van der Waals surface area (Å²) >= 11 is 0. The van der Waals surface area contributed by atoms with Crippen LogP contribution in [0.2, 0.25) is 0 Å². The second-order valence-corrected chi connectivity index (χ2v) is 9.21. The highest BCUT2D eigenvalue weighted by atomic mass is 16.5. The zero-order valence-electron chi connectivity index (χ0n) is 16.4. The van der Waals surface area contributed by atoms with Crippen molar-refractivity contribution in [2.45, 2.75) is 62.5 Å². The van der Waals surface area contributed by atoms with Crippen molar-refractivity contribution in [3.05, 3.63) is 64.5 Å². The van der Waals surface area contributed by atoms with Gasteiger partial charge in [0.05, 0.1) is 6.10 Å². The van der Waals surface area contributed by atoms with Gasteiger partial charge in [0.15, 0.2) is 0 Å². The molecule has 3 aliphatic carbocycles. The number of nitrogens with zero attached hydrogens (tertiary/aromatic N) is 2. The highest BCUT2D eigenvalue weighted by Crippen LogP contribution is 2.65. The molecule has 2 saturated carbocycles. The van der Waals surface area contributed by atoms with Gasteiger partial charge in [-0.2, -0.15) is 0 Å². The van der Waals surface area contributed by atoms with Gasteiger partial charge in [0.1, 0.15) is 11.4 Å². The molecule has 1 unspecified atom stereocenters. The summed E-state index contributed by atoms with van der Waals surface area (Å²) in [6.45, 7) is 0. The topological polar surface area (TPSA) is 60.5 Å². The largest absolute Gasteiger partial charge is 0.383 e. The van der Waals surface area contributed by atoms with Gasteiger partial charge in [-0.05, 0) is 73.6 Å². The van der Waals surface area contributed by atoms with E-state index in [1.807, 2.05) is 25.6 Å². The van der Waals surface area contributed by atoms with Crippen molar-refractivity contribution >= 4 is 5.84 Å². The molecule has 0 radical (unpaired) electrons. The van der Waals surface area contributed by atoms with Crippen LogP contribution in [0.5, 0.6) is 0 Å². The van der Waals surface area contributed by atoms with Crippen LogP contribution in [0, 0.1) is 5.41 Å². The molecule has 2 aromatic rings. The maximum atomic E-state index is 6.51. The molecule has 4 aliphatic rings. The van der Waals surface area contributed by atoms with E-state index >= 15 is 0 Å². The summed E-state index contributed by atoms with van der Waals surface area (Å²) in [5.74, 6) is 1.41. The minimum absolute atomic E-state index is 0.0748. The smallest absolute Gasteiger partial charge is 0.127 e. The fourth-order valence-corrected chi connectivity index (χ4v) is 6.27. The Bertz CT molecular complexity index is 985. The first-order chi connectivity index (χ1) is 13.7. The third-order valence-electron chi connectivity index (χ3n) is 7.87. The van der Waals surface area contributed by atoms with Gasteiger partial charge in [-0.25, -0.2) is 0 Å². The summed E-state index contributed by atoms with van der Waals surface area (Å²) in [5.41, 5.74) is 12.8. The second-order valence-electron chi connectivity index (χ2n) is 9.21. The predicted octanol–water partition coefficient (Wildman–Crippen LogP) is 4.05. The van der Waals surface area contributed by atoms with Crippen LogP contribution in [0.15, 0.2) is 41.7 Å². The predicted molar refractivity (Wildman–Crippen MR) is 110 cm³/mol. The fourth-order valence-electron chi connectivity index (χ4n) is 6.27. The number of hydrogen-bond acceptors (Lipinski definition) is 4. The number of methoxy groups -OCH3 is 1. The molecular weight excluding hydrogens is 346 g/mol. The average molecular weight is 374 g/mol. The quantitative estimate of drug-likeness (QED) is 0.864. The number of benzene rings is 1. The van der Waals surface area contributed by atoms with E-state index in [1.54, 1.807) is 0 Å². The minimum atomic E-state index is -0.375. The number of aliphatic imine (C=N–C) groups is 1. The molecule has 1 aromatic carbocycles. The number of ether oxygens (including phenoxy) is 1. The van der Waals surface area contributed by atoms with E-state index in [-0.39, 0.29) is 11.0 Å². The zero-order valence-corrected chi connectivity index (χ0v) is 16.4. The first-order valence-electron chi connectivity index (χ1n) is 10.6. The lowest BCUT2D eigenvalue weighted by Gasteiger charge is -2.47. The van der Waals surface area contributed by atoms with Gasteiger partial charge < -0.3 is 10.5 Å². The molecule has 1 atom stereocenters. The van der Waals surface area contributed by atoms with E-state index in [4.69, 9.17) is 15.5 Å². The molecule has 4 heteroatoms. The van der Waals surface area contributed by atoms with Crippen LogP contribution in [0.3, 0.4) is 0 Å². The van der Waals surface area contributed by atoms with Crippen LogP contribution in [0.4, 0.5) is 0 Å². The van der Waals surface area contributed by atoms with Gasteiger partial charge >= 0.3 is 0 Å². The third kappa shape index (κ3) is 2.04. The molecule has 0 bridgehead atoms. The van der Waals surface area contributed by atoms with E-state index in [9.17, 15) is 0 Å². The van der Waals surface area contributed by atoms with Crippen LogP contribution in [-0.4, -0.2) is 24.0 Å². The second kappa shape index (κ2) is 5.66. The Kier molecular flexibility index (Phi) is 3.38. The normalized spacial score (nSPS) is 33.2. The highest BCUT2D eigenvalue weighted by Gasteiger charge is 2.62. The van der Waals surface area contributed by atoms with Crippen LogP contribution in [0.1, 0.15) is 72.3 Å². The molecule has 0 amide bonds. The number of pyridine rings is 1. The van der Waals surface area contributed by atoms with Gasteiger partial charge in [0.25, 0.3) is 0 Å². The zero-order chi connectivity index (χ0) is 18.9. The summed E-state index contributed by atoms with van der Waals surface area (Å²) in [5, 5.41) is 0. The molecule has 2 spiro atoms. The Hall–Kier alpha value is -2.20. The summed E-state index contributed by atoms with van der Waals surface area (Å²) in [4.78, 5) is 9.80. The molecule has 1 aliphatic heterocycles. The molecule has 1 aromatic heterocycles. The molecule has 0 saturated heterocycles. The summed E-state index contributed by atoms with van der Waals surface area (Å²) in [7, 11) is 1.84. The number of hydrogen-bond donors (Lipinski definition) is 1. The number of nitrogens with two attached hydrogens (primary N) is 1. The van der Waals surface area contributed by atoms with Crippen LogP contribution < -0.4 is 5.73 Å². The maximum absolute atomic E-state index is 6.51. The first kappa shape index (κ1) is 16.7. The van der Waals surface area contributed by atoms with Crippen LogP contribution in [0.25, 0.3) is 0 Å². The highest BCUT2D eigenvalue weighted by molar-refractivity contribution is 6.02.